The van der Waals surface area contributed by atoms with Crippen molar-refractivity contribution in [2.24, 2.45) is 0 Å². The van der Waals surface area contributed by atoms with Crippen molar-refractivity contribution in [2.75, 3.05) is 12.0 Å². The van der Waals surface area contributed by atoms with Gasteiger partial charge in [0.25, 0.3) is 5.01 Å². The first-order chi connectivity index (χ1) is 26.0. The van der Waals surface area contributed by atoms with E-state index in [2.05, 4.69) is 34.9 Å². The van der Waals surface area contributed by atoms with Gasteiger partial charge in [-0.3, -0.25) is 4.79 Å². The molecule has 5 aromatic carbocycles. The number of aliphatic hydroxyl groups excluding tert-OH is 1. The summed E-state index contributed by atoms with van der Waals surface area (Å²) in [7, 11) is 1.64. The molecule has 2 aromatic heterocycles. The minimum absolute atomic E-state index is 0.0792. The molecule has 2 aliphatic rings. The maximum absolute atomic E-state index is 13.8. The average molecular weight is 718 g/mol. The summed E-state index contributed by atoms with van der Waals surface area (Å²) < 4.78 is 26.4. The number of thiazole rings is 1. The van der Waals surface area contributed by atoms with Crippen molar-refractivity contribution in [1.29, 1.82) is 0 Å². The second-order valence-electron chi connectivity index (χ2n) is 12.9. The number of carbonyl (C=O) groups excluding carboxylic acids is 1. The summed E-state index contributed by atoms with van der Waals surface area (Å²) in [5.74, 6) is 2.10. The molecule has 3 heterocycles. The summed E-state index contributed by atoms with van der Waals surface area (Å²) in [5, 5.41) is 14.5. The standard InChI is InChI=1S/C44H32N2O6S/c1-49-33-13-16-38-40(21-33)53-42(46(38)25-30-17-18-50-26-30)23-36-43(47)35(44(36)48)22-41-45(24-29-11-12-31-9-5-6-10-32(31)19-29)37-15-14-34(20-39(37)52-41)51-27-28-7-3-2-4-8-28/h2-23,26H,24-25,27H2,1H3/p+1. The van der Waals surface area contributed by atoms with E-state index >= 15 is 0 Å². The summed E-state index contributed by atoms with van der Waals surface area (Å²) in [6.07, 6.45) is 6.73. The molecule has 0 atom stereocenters. The number of furan rings is 1. The number of Topliss-reactive ketones (excluding diaryl/α,β-unsaturated/α-hetero) is 1. The summed E-state index contributed by atoms with van der Waals surface area (Å²) in [6.45, 7) is 1.44. The van der Waals surface area contributed by atoms with Crippen LogP contribution in [0.4, 0.5) is 5.69 Å². The molecule has 1 aliphatic heterocycles. The number of ketones is 1. The lowest BCUT2D eigenvalue weighted by Gasteiger charge is -2.22. The third kappa shape index (κ3) is 6.21. The largest absolute Gasteiger partial charge is 0.506 e. The number of aromatic nitrogens is 1. The van der Waals surface area contributed by atoms with Gasteiger partial charge in [-0.25, -0.2) is 0 Å². The molecular weight excluding hydrogens is 685 g/mol. The molecule has 8 nitrogen and oxygen atoms in total. The van der Waals surface area contributed by atoms with Crippen LogP contribution in [0.25, 0.3) is 27.1 Å². The van der Waals surface area contributed by atoms with Crippen LogP contribution >= 0.6 is 11.3 Å². The average Bonchev–Trinajstić information content (AvgIpc) is 3.93. The molecule has 0 radical (unpaired) electrons. The molecule has 260 valence electrons. The maximum atomic E-state index is 13.8. The van der Waals surface area contributed by atoms with E-state index in [1.54, 1.807) is 31.8 Å². The maximum Gasteiger partial charge on any atom is 0.263 e. The van der Waals surface area contributed by atoms with Gasteiger partial charge in [0.1, 0.15) is 28.6 Å². The first-order valence-corrected chi connectivity index (χ1v) is 18.0. The highest BCUT2D eigenvalue weighted by atomic mass is 32.1. The quantitative estimate of drug-likeness (QED) is 0.112. The minimum Gasteiger partial charge on any atom is -0.506 e. The molecular formula is C44H33N2O6S+. The van der Waals surface area contributed by atoms with Crippen LogP contribution < -0.4 is 23.7 Å². The fraction of sp³-hybridized carbons (Fsp3) is 0.0909. The predicted molar refractivity (Wildman–Crippen MR) is 205 cm³/mol. The third-order valence-corrected chi connectivity index (χ3v) is 10.6. The van der Waals surface area contributed by atoms with Crippen molar-refractivity contribution in [3.05, 3.63) is 178 Å². The smallest absolute Gasteiger partial charge is 0.263 e. The molecule has 0 spiro atoms. The zero-order valence-electron chi connectivity index (χ0n) is 28.7. The highest BCUT2D eigenvalue weighted by Crippen LogP contribution is 2.44. The van der Waals surface area contributed by atoms with Crippen LogP contribution in [0.5, 0.6) is 17.2 Å². The number of ether oxygens (including phenoxy) is 3. The summed E-state index contributed by atoms with van der Waals surface area (Å²) in [6, 6.07) is 38.1. The number of hydrogen-bond acceptors (Lipinski definition) is 8. The highest BCUT2D eigenvalue weighted by Gasteiger charge is 2.37. The van der Waals surface area contributed by atoms with Crippen molar-refractivity contribution in [3.8, 4) is 17.2 Å². The van der Waals surface area contributed by atoms with E-state index in [0.717, 1.165) is 54.1 Å². The number of carbonyl (C=O) groups is 1. The highest BCUT2D eigenvalue weighted by molar-refractivity contribution is 7.18. The number of nitrogens with zero attached hydrogens (tertiary/aromatic N) is 2. The van der Waals surface area contributed by atoms with Crippen LogP contribution in [0, 0.1) is 0 Å². The van der Waals surface area contributed by atoms with Crippen molar-refractivity contribution >= 4 is 49.9 Å². The number of aliphatic hydroxyl groups is 1. The van der Waals surface area contributed by atoms with Crippen LogP contribution in [0.2, 0.25) is 0 Å². The first-order valence-electron chi connectivity index (χ1n) is 17.2. The van der Waals surface area contributed by atoms with Gasteiger partial charge in [0.2, 0.25) is 17.2 Å². The Balaban J connectivity index is 1.06. The van der Waals surface area contributed by atoms with Crippen molar-refractivity contribution in [3.63, 3.8) is 0 Å². The minimum atomic E-state index is -0.267. The van der Waals surface area contributed by atoms with E-state index in [1.807, 2.05) is 89.8 Å². The lowest BCUT2D eigenvalue weighted by Crippen LogP contribution is -2.36. The van der Waals surface area contributed by atoms with Crippen molar-refractivity contribution in [1.82, 2.24) is 0 Å². The number of methoxy groups -OCH3 is 1. The number of benzene rings is 5. The third-order valence-electron chi connectivity index (χ3n) is 9.50. The monoisotopic (exact) mass is 717 g/mol. The second-order valence-corrected chi connectivity index (χ2v) is 14.0. The van der Waals surface area contributed by atoms with Gasteiger partial charge in [0.15, 0.2) is 12.3 Å². The van der Waals surface area contributed by atoms with Crippen LogP contribution in [0.1, 0.15) is 21.7 Å². The molecule has 53 heavy (non-hydrogen) atoms. The van der Waals surface area contributed by atoms with Gasteiger partial charge in [-0.2, -0.15) is 4.57 Å². The Kier molecular flexibility index (Phi) is 8.25. The van der Waals surface area contributed by atoms with E-state index < -0.39 is 0 Å². The molecule has 0 unspecified atom stereocenters. The summed E-state index contributed by atoms with van der Waals surface area (Å²) in [4.78, 5) is 15.8. The lowest BCUT2D eigenvalue weighted by atomic mass is 9.87. The van der Waals surface area contributed by atoms with Gasteiger partial charge in [-0.1, -0.05) is 78.1 Å². The molecule has 9 rings (SSSR count). The van der Waals surface area contributed by atoms with E-state index in [-0.39, 0.29) is 22.7 Å². The Morgan fingerprint density at radius 1 is 0.830 bits per heavy atom. The molecule has 9 heteroatoms. The molecule has 1 N–H and O–H groups in total. The van der Waals surface area contributed by atoms with Gasteiger partial charge in [0.05, 0.1) is 48.6 Å². The Bertz CT molecular complexity index is 2620. The number of allylic oxidation sites excluding steroid dienone is 3. The molecule has 0 fully saturated rings. The van der Waals surface area contributed by atoms with Crippen LogP contribution in [-0.4, -0.2) is 18.0 Å². The van der Waals surface area contributed by atoms with E-state index in [9.17, 15) is 9.90 Å². The van der Waals surface area contributed by atoms with Gasteiger partial charge in [-0.15, -0.1) is 0 Å². The van der Waals surface area contributed by atoms with Crippen LogP contribution in [-0.2, 0) is 24.5 Å². The zero-order valence-corrected chi connectivity index (χ0v) is 29.5. The molecule has 7 aromatic rings. The van der Waals surface area contributed by atoms with Gasteiger partial charge < -0.3 is 28.6 Å². The number of rotatable bonds is 10. The second kappa shape index (κ2) is 13.5. The molecule has 0 bridgehead atoms. The Labute approximate surface area is 309 Å². The van der Waals surface area contributed by atoms with Crippen LogP contribution in [0.15, 0.2) is 161 Å². The lowest BCUT2D eigenvalue weighted by molar-refractivity contribution is -0.659. The SMILES string of the molecule is COc1ccc2c(c1)sc(/C=C1/C(=O)C(/C=C3/Oc4cc(OCc5ccccc5)ccc4N3Cc3ccc4ccccc4c3)=C1O)[n+]2Cc1ccoc1. The van der Waals surface area contributed by atoms with Gasteiger partial charge in [0, 0.05) is 30.4 Å². The zero-order chi connectivity index (χ0) is 35.9. The normalized spacial score (nSPS) is 15.3. The number of anilines is 1. The Morgan fingerprint density at radius 3 is 2.47 bits per heavy atom. The topological polar surface area (TPSA) is 85.2 Å². The molecule has 0 saturated carbocycles. The van der Waals surface area contributed by atoms with Crippen molar-refractivity contribution < 1.29 is 33.1 Å². The molecule has 0 amide bonds. The molecule has 1 aliphatic carbocycles. The number of hydrogen-bond donors (Lipinski definition) is 1. The predicted octanol–water partition coefficient (Wildman–Crippen LogP) is 9.29. The summed E-state index contributed by atoms with van der Waals surface area (Å²) in [5.41, 5.74) is 5.35. The fourth-order valence-corrected chi connectivity index (χ4v) is 7.85. The van der Waals surface area contributed by atoms with Gasteiger partial charge >= 0.3 is 0 Å². The fourth-order valence-electron chi connectivity index (χ4n) is 6.71. The first kappa shape index (κ1) is 32.3. The van der Waals surface area contributed by atoms with E-state index in [4.69, 9.17) is 18.6 Å². The van der Waals surface area contributed by atoms with Crippen molar-refractivity contribution in [2.45, 2.75) is 19.7 Å². The summed E-state index contributed by atoms with van der Waals surface area (Å²) >= 11 is 1.52. The van der Waals surface area contributed by atoms with E-state index in [0.29, 0.717) is 37.1 Å². The Hall–Kier alpha value is -6.58. The molecule has 0 saturated heterocycles. The number of fused-ring (bicyclic) bond motifs is 3. The van der Waals surface area contributed by atoms with Gasteiger partial charge in [-0.05, 0) is 52.2 Å². The Morgan fingerprint density at radius 2 is 1.66 bits per heavy atom. The van der Waals surface area contributed by atoms with E-state index in [1.165, 1.54) is 11.3 Å². The van der Waals surface area contributed by atoms with Crippen LogP contribution in [0.3, 0.4) is 0 Å².